The molecule has 3 rings (SSSR count). The summed E-state index contributed by atoms with van der Waals surface area (Å²) in [6.45, 7) is 1.54. The fourth-order valence-corrected chi connectivity index (χ4v) is 3.68. The first kappa shape index (κ1) is 13.7. The van der Waals surface area contributed by atoms with Crippen molar-refractivity contribution < 1.29 is 4.79 Å². The predicted octanol–water partition coefficient (Wildman–Crippen LogP) is 2.19. The summed E-state index contributed by atoms with van der Waals surface area (Å²) in [5.41, 5.74) is 7.66. The molecule has 4 nitrogen and oxygen atoms in total. The third kappa shape index (κ3) is 2.27. The number of nitrogens with zero attached hydrogens (tertiary/aromatic N) is 1. The average molecular weight is 294 g/mol. The first-order valence-electron chi connectivity index (χ1n) is 7.12. The number of nitrogens with two attached hydrogens (primary N) is 1. The van der Waals surface area contributed by atoms with Crippen molar-refractivity contribution in [1.29, 1.82) is 0 Å². The molecule has 2 aliphatic rings. The normalized spacial score (nSPS) is 28.6. The first-order valence-corrected chi connectivity index (χ1v) is 7.50. The lowest BCUT2D eigenvalue weighted by atomic mass is 9.92. The van der Waals surface area contributed by atoms with E-state index in [-0.39, 0.29) is 11.9 Å². The highest BCUT2D eigenvalue weighted by Gasteiger charge is 2.41. The van der Waals surface area contributed by atoms with Gasteiger partial charge in [0.1, 0.15) is 0 Å². The van der Waals surface area contributed by atoms with Crippen LogP contribution in [0.25, 0.3) is 0 Å². The summed E-state index contributed by atoms with van der Waals surface area (Å²) in [6, 6.07) is 5.65. The summed E-state index contributed by atoms with van der Waals surface area (Å²) >= 11 is 6.03. The van der Waals surface area contributed by atoms with Crippen molar-refractivity contribution >= 4 is 23.2 Å². The van der Waals surface area contributed by atoms with Gasteiger partial charge in [0, 0.05) is 36.9 Å². The molecule has 1 amide bonds. The van der Waals surface area contributed by atoms with E-state index < -0.39 is 0 Å². The Morgan fingerprint density at radius 2 is 2.00 bits per heavy atom. The third-order valence-corrected chi connectivity index (χ3v) is 4.91. The Morgan fingerprint density at radius 1 is 1.35 bits per heavy atom. The second kappa shape index (κ2) is 5.26. The Kier molecular flexibility index (Phi) is 3.61. The van der Waals surface area contributed by atoms with Crippen LogP contribution in [-0.2, 0) is 0 Å². The van der Waals surface area contributed by atoms with Crippen molar-refractivity contribution in [2.24, 2.45) is 17.6 Å². The molecule has 1 saturated heterocycles. The second-order valence-corrected chi connectivity index (χ2v) is 6.26. The zero-order chi connectivity index (χ0) is 14.3. The Balaban J connectivity index is 1.85. The maximum atomic E-state index is 12.7. The number of anilines is 1. The van der Waals surface area contributed by atoms with E-state index in [2.05, 4.69) is 5.32 Å². The number of rotatable bonds is 2. The van der Waals surface area contributed by atoms with Gasteiger partial charge in [-0.1, -0.05) is 11.6 Å². The van der Waals surface area contributed by atoms with E-state index in [1.165, 1.54) is 0 Å². The van der Waals surface area contributed by atoms with Crippen LogP contribution in [-0.4, -0.2) is 37.0 Å². The minimum Gasteiger partial charge on any atom is -0.387 e. The number of nitrogens with one attached hydrogen (secondary N) is 1. The van der Waals surface area contributed by atoms with E-state index in [4.69, 9.17) is 17.3 Å². The minimum absolute atomic E-state index is 0.0562. The quantitative estimate of drug-likeness (QED) is 0.879. The number of hydrogen-bond donors (Lipinski definition) is 2. The smallest absolute Gasteiger partial charge is 0.256 e. The molecule has 1 aliphatic carbocycles. The number of piperidine rings is 1. The van der Waals surface area contributed by atoms with Gasteiger partial charge in [-0.25, -0.2) is 0 Å². The van der Waals surface area contributed by atoms with Crippen LogP contribution in [0.1, 0.15) is 23.2 Å². The van der Waals surface area contributed by atoms with Crippen molar-refractivity contribution in [2.45, 2.75) is 18.9 Å². The van der Waals surface area contributed by atoms with Crippen LogP contribution in [0.2, 0.25) is 5.02 Å². The maximum Gasteiger partial charge on any atom is 0.256 e. The van der Waals surface area contributed by atoms with Crippen molar-refractivity contribution in [3.05, 3.63) is 28.8 Å². The SMILES string of the molecule is CNc1ccc(Cl)cc1C(=O)N1C[C@H]2CC[C@@H](C1)C2N. The van der Waals surface area contributed by atoms with E-state index in [9.17, 15) is 4.79 Å². The number of hydrogen-bond acceptors (Lipinski definition) is 3. The molecular formula is C15H20ClN3O. The molecule has 3 atom stereocenters. The van der Waals surface area contributed by atoms with Crippen LogP contribution >= 0.6 is 11.6 Å². The molecular weight excluding hydrogens is 274 g/mol. The van der Waals surface area contributed by atoms with Gasteiger partial charge in [-0.2, -0.15) is 0 Å². The standard InChI is InChI=1S/C15H20ClN3O/c1-18-13-5-4-11(16)6-12(13)15(20)19-7-9-2-3-10(8-19)14(9)17/h4-6,9-10,14,18H,2-3,7-8,17H2,1H3/t9-,10+,14?. The molecule has 0 spiro atoms. The molecule has 20 heavy (non-hydrogen) atoms. The van der Waals surface area contributed by atoms with Crippen LogP contribution in [0.3, 0.4) is 0 Å². The van der Waals surface area contributed by atoms with Gasteiger partial charge < -0.3 is 16.0 Å². The third-order valence-electron chi connectivity index (χ3n) is 4.68. The minimum atomic E-state index is 0.0562. The fraction of sp³-hybridized carbons (Fsp3) is 0.533. The van der Waals surface area contributed by atoms with Crippen molar-refractivity contribution in [1.82, 2.24) is 4.90 Å². The summed E-state index contributed by atoms with van der Waals surface area (Å²) < 4.78 is 0. The molecule has 108 valence electrons. The molecule has 0 radical (unpaired) electrons. The number of halogens is 1. The molecule has 1 saturated carbocycles. The van der Waals surface area contributed by atoms with Gasteiger partial charge in [-0.05, 0) is 42.9 Å². The van der Waals surface area contributed by atoms with Crippen molar-refractivity contribution in [3.8, 4) is 0 Å². The van der Waals surface area contributed by atoms with E-state index in [1.807, 2.05) is 18.0 Å². The van der Waals surface area contributed by atoms with Crippen LogP contribution in [0.15, 0.2) is 18.2 Å². The molecule has 3 N–H and O–H groups in total. The van der Waals surface area contributed by atoms with Gasteiger partial charge in [-0.3, -0.25) is 4.79 Å². The Labute approximate surface area is 124 Å². The predicted molar refractivity (Wildman–Crippen MR) is 81.1 cm³/mol. The van der Waals surface area contributed by atoms with E-state index in [1.54, 1.807) is 12.1 Å². The van der Waals surface area contributed by atoms with Gasteiger partial charge >= 0.3 is 0 Å². The van der Waals surface area contributed by atoms with Crippen LogP contribution in [0.5, 0.6) is 0 Å². The molecule has 2 bridgehead atoms. The molecule has 1 unspecified atom stereocenters. The zero-order valence-electron chi connectivity index (χ0n) is 11.6. The lowest BCUT2D eigenvalue weighted by Gasteiger charge is -2.36. The lowest BCUT2D eigenvalue weighted by molar-refractivity contribution is 0.0638. The van der Waals surface area contributed by atoms with E-state index in [0.29, 0.717) is 22.4 Å². The largest absolute Gasteiger partial charge is 0.387 e. The monoisotopic (exact) mass is 293 g/mol. The second-order valence-electron chi connectivity index (χ2n) is 5.82. The maximum absolute atomic E-state index is 12.7. The van der Waals surface area contributed by atoms with Gasteiger partial charge in [0.15, 0.2) is 0 Å². The number of likely N-dealkylation sites (tertiary alicyclic amines) is 1. The van der Waals surface area contributed by atoms with Gasteiger partial charge in [0.05, 0.1) is 5.56 Å². The Bertz CT molecular complexity index is 520. The molecule has 0 aromatic heterocycles. The van der Waals surface area contributed by atoms with Gasteiger partial charge in [0.2, 0.25) is 0 Å². The van der Waals surface area contributed by atoms with Crippen LogP contribution in [0, 0.1) is 11.8 Å². The summed E-state index contributed by atoms with van der Waals surface area (Å²) in [6.07, 6.45) is 2.29. The molecule has 1 aromatic carbocycles. The van der Waals surface area contributed by atoms with E-state index >= 15 is 0 Å². The summed E-state index contributed by atoms with van der Waals surface area (Å²) in [4.78, 5) is 14.7. The number of amides is 1. The number of benzene rings is 1. The first-order chi connectivity index (χ1) is 9.60. The van der Waals surface area contributed by atoms with Crippen molar-refractivity contribution in [3.63, 3.8) is 0 Å². The van der Waals surface area contributed by atoms with Crippen LogP contribution < -0.4 is 11.1 Å². The molecule has 1 aromatic rings. The average Bonchev–Trinajstić information content (AvgIpc) is 2.68. The van der Waals surface area contributed by atoms with Gasteiger partial charge in [0.25, 0.3) is 5.91 Å². The van der Waals surface area contributed by atoms with Gasteiger partial charge in [-0.15, -0.1) is 0 Å². The molecule has 1 aliphatic heterocycles. The Hall–Kier alpha value is -1.26. The molecule has 2 fully saturated rings. The summed E-state index contributed by atoms with van der Waals surface area (Å²) in [7, 11) is 1.82. The highest BCUT2D eigenvalue weighted by atomic mass is 35.5. The molecule has 1 heterocycles. The zero-order valence-corrected chi connectivity index (χ0v) is 12.4. The highest BCUT2D eigenvalue weighted by Crippen LogP contribution is 2.36. The Morgan fingerprint density at radius 3 is 2.60 bits per heavy atom. The number of fused-ring (bicyclic) bond motifs is 2. The van der Waals surface area contributed by atoms with E-state index in [0.717, 1.165) is 31.6 Å². The topological polar surface area (TPSA) is 58.4 Å². The van der Waals surface area contributed by atoms with Crippen LogP contribution in [0.4, 0.5) is 5.69 Å². The summed E-state index contributed by atoms with van der Waals surface area (Å²) in [5, 5.41) is 3.65. The highest BCUT2D eigenvalue weighted by molar-refractivity contribution is 6.31. The summed E-state index contributed by atoms with van der Waals surface area (Å²) in [5.74, 6) is 0.963. The fourth-order valence-electron chi connectivity index (χ4n) is 3.51. The number of carbonyl (C=O) groups is 1. The van der Waals surface area contributed by atoms with Crippen molar-refractivity contribution in [2.75, 3.05) is 25.5 Å². The number of carbonyl (C=O) groups excluding carboxylic acids is 1. The lowest BCUT2D eigenvalue weighted by Crippen LogP contribution is -2.50. The molecule has 5 heteroatoms.